The Morgan fingerprint density at radius 3 is 2.57 bits per heavy atom. The van der Waals surface area contributed by atoms with Crippen molar-refractivity contribution in [1.82, 2.24) is 20.1 Å². The molecule has 0 radical (unpaired) electrons. The Hall–Kier alpha value is -1.76. The molecule has 1 amide bonds. The maximum absolute atomic E-state index is 12.3. The zero-order valence-corrected chi connectivity index (χ0v) is 19.1. The maximum atomic E-state index is 12.3. The van der Waals surface area contributed by atoms with E-state index in [2.05, 4.69) is 51.4 Å². The number of aromatic nitrogens is 1. The third-order valence-corrected chi connectivity index (χ3v) is 6.24. The van der Waals surface area contributed by atoms with Gasteiger partial charge in [0.1, 0.15) is 0 Å². The van der Waals surface area contributed by atoms with Gasteiger partial charge in [-0.15, -0.1) is 24.8 Å². The van der Waals surface area contributed by atoms with E-state index >= 15 is 0 Å². The second-order valence-corrected chi connectivity index (χ2v) is 8.22. The summed E-state index contributed by atoms with van der Waals surface area (Å²) in [5.74, 6) is -0.0538. The summed E-state index contributed by atoms with van der Waals surface area (Å²) in [4.78, 5) is 20.7. The molecule has 3 heterocycles. The molecule has 0 saturated carbocycles. The molecule has 2 aromatic carbocycles. The van der Waals surface area contributed by atoms with Gasteiger partial charge in [0.2, 0.25) is 0 Å². The van der Waals surface area contributed by atoms with Crippen molar-refractivity contribution in [2.24, 2.45) is 0 Å². The molecule has 0 aliphatic carbocycles. The van der Waals surface area contributed by atoms with Crippen molar-refractivity contribution >= 4 is 53.2 Å². The zero-order valence-electron chi connectivity index (χ0n) is 16.7. The summed E-state index contributed by atoms with van der Waals surface area (Å²) in [5, 5.41) is 4.69. The molecule has 0 bridgehead atoms. The lowest BCUT2D eigenvalue weighted by molar-refractivity contribution is 0.0966. The van der Waals surface area contributed by atoms with Gasteiger partial charge in [0.05, 0.1) is 5.56 Å². The minimum Gasteiger partial charge on any atom is -0.355 e. The topological polar surface area (TPSA) is 51.4 Å². The molecule has 2 aliphatic heterocycles. The predicted octanol–water partition coefficient (Wildman–Crippen LogP) is 4.32. The van der Waals surface area contributed by atoms with Gasteiger partial charge in [0, 0.05) is 72.0 Å². The number of halogens is 3. The molecule has 2 aliphatic rings. The van der Waals surface area contributed by atoms with Crippen molar-refractivity contribution in [3.63, 3.8) is 0 Å². The van der Waals surface area contributed by atoms with Gasteiger partial charge in [0.25, 0.3) is 5.91 Å². The molecule has 1 aromatic heterocycles. The van der Waals surface area contributed by atoms with Gasteiger partial charge in [0.15, 0.2) is 0 Å². The first-order valence-corrected chi connectivity index (χ1v) is 10.1. The van der Waals surface area contributed by atoms with Crippen molar-refractivity contribution in [2.45, 2.75) is 13.1 Å². The van der Waals surface area contributed by atoms with Crippen LogP contribution in [0.5, 0.6) is 0 Å². The molecule has 1 fully saturated rings. The van der Waals surface area contributed by atoms with E-state index < -0.39 is 0 Å². The number of benzene rings is 2. The van der Waals surface area contributed by atoms with Crippen LogP contribution in [0.4, 0.5) is 0 Å². The van der Waals surface area contributed by atoms with Gasteiger partial charge in [-0.25, -0.2) is 0 Å². The fourth-order valence-corrected chi connectivity index (χ4v) is 4.45. The molecule has 8 heteroatoms. The second kappa shape index (κ2) is 9.16. The van der Waals surface area contributed by atoms with E-state index in [9.17, 15) is 4.79 Å². The molecule has 160 valence electrons. The lowest BCUT2D eigenvalue weighted by Gasteiger charge is -2.32. The number of nitrogens with one attached hydrogen (secondary N) is 2. The number of hydrogen-bond donors (Lipinski definition) is 2. The average Bonchev–Trinajstić information content (AvgIpc) is 3.28. The molecular formula is C22H25Cl3N4O. The van der Waals surface area contributed by atoms with E-state index in [-0.39, 0.29) is 30.7 Å². The number of likely N-dealkylation sites (N-methyl/N-ethyl adjacent to an activating group) is 1. The average molecular weight is 468 g/mol. The van der Waals surface area contributed by atoms with Crippen LogP contribution in [0.15, 0.2) is 36.4 Å². The summed E-state index contributed by atoms with van der Waals surface area (Å²) in [7, 11) is 2.18. The molecule has 2 N–H and O–H groups in total. The standard InChI is InChI=1S/C22H23ClN4O.2ClH/c1-26-6-8-27(9-7-26)13-14-2-5-19-15(10-14)11-20(25-19)16-3-4-18(23)17-12-24-22(28)21(16)17;;/h2-5,10-11,25H,6-9,12-13H2,1H3,(H,24,28);2*1H. The van der Waals surface area contributed by atoms with Crippen LogP contribution in [0, 0.1) is 0 Å². The third-order valence-electron chi connectivity index (χ3n) is 5.89. The van der Waals surface area contributed by atoms with Gasteiger partial charge in [-0.05, 0) is 36.9 Å². The SMILES string of the molecule is CN1CCN(Cc2ccc3[nH]c(-c4ccc(Cl)c5c4C(=O)NC5)cc3c2)CC1.Cl.Cl. The summed E-state index contributed by atoms with van der Waals surface area (Å²) in [6, 6.07) is 12.5. The summed E-state index contributed by atoms with van der Waals surface area (Å²) < 4.78 is 0. The van der Waals surface area contributed by atoms with Crippen LogP contribution in [0.2, 0.25) is 5.02 Å². The number of hydrogen-bond acceptors (Lipinski definition) is 3. The van der Waals surface area contributed by atoms with Crippen LogP contribution in [0.25, 0.3) is 22.2 Å². The lowest BCUT2D eigenvalue weighted by atomic mass is 10.0. The fourth-order valence-electron chi connectivity index (χ4n) is 4.23. The van der Waals surface area contributed by atoms with Crippen LogP contribution < -0.4 is 5.32 Å². The first-order valence-electron chi connectivity index (χ1n) is 9.71. The lowest BCUT2D eigenvalue weighted by Crippen LogP contribution is -2.43. The molecule has 30 heavy (non-hydrogen) atoms. The van der Waals surface area contributed by atoms with Crippen LogP contribution in [-0.4, -0.2) is 53.9 Å². The molecule has 1 saturated heterocycles. The number of amides is 1. The maximum Gasteiger partial charge on any atom is 0.252 e. The summed E-state index contributed by atoms with van der Waals surface area (Å²) in [5.41, 5.74) is 5.85. The third kappa shape index (κ3) is 4.18. The first-order chi connectivity index (χ1) is 13.6. The Morgan fingerprint density at radius 2 is 1.80 bits per heavy atom. The van der Waals surface area contributed by atoms with E-state index in [0.717, 1.165) is 55.1 Å². The van der Waals surface area contributed by atoms with Gasteiger partial charge in [-0.1, -0.05) is 23.7 Å². The van der Waals surface area contributed by atoms with Gasteiger partial charge in [-0.2, -0.15) is 0 Å². The van der Waals surface area contributed by atoms with Crippen molar-refractivity contribution in [1.29, 1.82) is 0 Å². The zero-order chi connectivity index (χ0) is 19.3. The molecule has 0 spiro atoms. The van der Waals surface area contributed by atoms with E-state index in [1.165, 1.54) is 10.9 Å². The fraction of sp³-hybridized carbons (Fsp3) is 0.318. The Kier molecular flexibility index (Phi) is 7.00. The minimum absolute atomic E-state index is 0. The van der Waals surface area contributed by atoms with Crippen LogP contribution >= 0.6 is 36.4 Å². The molecule has 0 atom stereocenters. The molecule has 3 aromatic rings. The van der Waals surface area contributed by atoms with Crippen molar-refractivity contribution in [2.75, 3.05) is 33.2 Å². The minimum atomic E-state index is -0.0538. The van der Waals surface area contributed by atoms with Crippen molar-refractivity contribution in [3.05, 3.63) is 58.1 Å². The smallest absolute Gasteiger partial charge is 0.252 e. The number of carbonyl (C=O) groups excluding carboxylic acids is 1. The van der Waals surface area contributed by atoms with Crippen LogP contribution in [-0.2, 0) is 13.1 Å². The Morgan fingerprint density at radius 1 is 1.03 bits per heavy atom. The van der Waals surface area contributed by atoms with Crippen molar-refractivity contribution < 1.29 is 4.79 Å². The molecule has 0 unspecified atom stereocenters. The largest absolute Gasteiger partial charge is 0.355 e. The number of fused-ring (bicyclic) bond motifs is 2. The van der Waals surface area contributed by atoms with E-state index in [1.54, 1.807) is 0 Å². The number of H-pyrrole nitrogens is 1. The summed E-state index contributed by atoms with van der Waals surface area (Å²) >= 11 is 6.29. The first kappa shape index (κ1) is 22.9. The van der Waals surface area contributed by atoms with Gasteiger partial charge >= 0.3 is 0 Å². The highest BCUT2D eigenvalue weighted by Crippen LogP contribution is 2.34. The second-order valence-electron chi connectivity index (χ2n) is 7.82. The van der Waals surface area contributed by atoms with Crippen molar-refractivity contribution in [3.8, 4) is 11.3 Å². The summed E-state index contributed by atoms with van der Waals surface area (Å²) in [6.45, 7) is 5.94. The molecule has 5 nitrogen and oxygen atoms in total. The van der Waals surface area contributed by atoms with Gasteiger partial charge < -0.3 is 15.2 Å². The number of rotatable bonds is 3. The predicted molar refractivity (Wildman–Crippen MR) is 127 cm³/mol. The Bertz CT molecular complexity index is 1070. The quantitative estimate of drug-likeness (QED) is 0.603. The van der Waals surface area contributed by atoms with E-state index in [1.807, 2.05) is 12.1 Å². The normalized spacial score (nSPS) is 16.7. The highest BCUT2D eigenvalue weighted by atomic mass is 35.5. The monoisotopic (exact) mass is 466 g/mol. The molecule has 5 rings (SSSR count). The van der Waals surface area contributed by atoms with Crippen LogP contribution in [0.1, 0.15) is 21.5 Å². The van der Waals surface area contributed by atoms with E-state index in [0.29, 0.717) is 17.1 Å². The molecular weight excluding hydrogens is 443 g/mol. The Labute approximate surface area is 193 Å². The van der Waals surface area contributed by atoms with E-state index in [4.69, 9.17) is 11.6 Å². The highest BCUT2D eigenvalue weighted by Gasteiger charge is 2.26. The highest BCUT2D eigenvalue weighted by molar-refractivity contribution is 6.32. The Balaban J connectivity index is 0.00000128. The van der Waals surface area contributed by atoms with Gasteiger partial charge in [-0.3, -0.25) is 9.69 Å². The number of aromatic amines is 1. The summed E-state index contributed by atoms with van der Waals surface area (Å²) in [6.07, 6.45) is 0. The number of piperazine rings is 1. The number of carbonyl (C=O) groups is 1. The van der Waals surface area contributed by atoms with Crippen LogP contribution in [0.3, 0.4) is 0 Å². The number of nitrogens with zero attached hydrogens (tertiary/aromatic N) is 2.